The second kappa shape index (κ2) is 4.78. The zero-order chi connectivity index (χ0) is 13.3. The van der Waals surface area contributed by atoms with Gasteiger partial charge in [-0.15, -0.1) is 0 Å². The van der Waals surface area contributed by atoms with E-state index >= 15 is 0 Å². The molecule has 1 aromatic heterocycles. The Kier molecular flexibility index (Phi) is 3.34. The lowest BCUT2D eigenvalue weighted by molar-refractivity contribution is 0.0697. The number of nitrogens with two attached hydrogens (primary N) is 1. The van der Waals surface area contributed by atoms with E-state index in [-0.39, 0.29) is 11.6 Å². The predicted molar refractivity (Wildman–Crippen MR) is 69.4 cm³/mol. The van der Waals surface area contributed by atoms with Gasteiger partial charge in [-0.25, -0.2) is 9.78 Å². The van der Waals surface area contributed by atoms with Crippen LogP contribution in [0, 0.1) is 5.92 Å². The highest BCUT2D eigenvalue weighted by atomic mass is 16.4. The molecule has 0 spiro atoms. The van der Waals surface area contributed by atoms with Gasteiger partial charge in [-0.3, -0.25) is 0 Å². The summed E-state index contributed by atoms with van der Waals surface area (Å²) in [5, 5.41) is 8.92. The van der Waals surface area contributed by atoms with Crippen molar-refractivity contribution in [1.82, 2.24) is 9.97 Å². The van der Waals surface area contributed by atoms with Crippen LogP contribution in [0.25, 0.3) is 11.0 Å². The summed E-state index contributed by atoms with van der Waals surface area (Å²) in [4.78, 5) is 18.4. The molecular formula is C13H17N3O2. The number of benzene rings is 1. The molecule has 4 N–H and O–H groups in total. The van der Waals surface area contributed by atoms with Gasteiger partial charge in [0.25, 0.3) is 0 Å². The van der Waals surface area contributed by atoms with Crippen LogP contribution in [0.2, 0.25) is 0 Å². The molecule has 0 saturated heterocycles. The third kappa shape index (κ3) is 2.51. The largest absolute Gasteiger partial charge is 0.478 e. The van der Waals surface area contributed by atoms with Crippen LogP contribution in [0.1, 0.15) is 42.5 Å². The normalized spacial score (nSPS) is 13.1. The van der Waals surface area contributed by atoms with Gasteiger partial charge in [0.2, 0.25) is 0 Å². The van der Waals surface area contributed by atoms with Crippen molar-refractivity contribution in [3.05, 3.63) is 29.6 Å². The molecule has 0 bridgehead atoms. The average Bonchev–Trinajstić information content (AvgIpc) is 2.70. The van der Waals surface area contributed by atoms with Crippen LogP contribution in [0.5, 0.6) is 0 Å². The van der Waals surface area contributed by atoms with Gasteiger partial charge in [0.1, 0.15) is 5.82 Å². The standard InChI is InChI=1S/C13H17N3O2/c1-7(2)5-9(14)12-15-10-4-3-8(13(17)18)6-11(10)16-12/h3-4,6-7,9H,5,14H2,1-2H3,(H,15,16)(H,17,18). The topological polar surface area (TPSA) is 92.0 Å². The van der Waals surface area contributed by atoms with E-state index in [1.165, 1.54) is 0 Å². The predicted octanol–water partition coefficient (Wildman–Crippen LogP) is 2.31. The van der Waals surface area contributed by atoms with Crippen LogP contribution >= 0.6 is 0 Å². The zero-order valence-electron chi connectivity index (χ0n) is 10.5. The van der Waals surface area contributed by atoms with Gasteiger partial charge in [-0.1, -0.05) is 13.8 Å². The molecule has 0 amide bonds. The molecule has 0 saturated carbocycles. The Labute approximate surface area is 105 Å². The Balaban J connectivity index is 2.35. The number of aromatic carboxylic acids is 1. The van der Waals surface area contributed by atoms with E-state index in [1.807, 2.05) is 0 Å². The van der Waals surface area contributed by atoms with Crippen molar-refractivity contribution >= 4 is 17.0 Å². The number of rotatable bonds is 4. The SMILES string of the molecule is CC(C)CC(N)c1nc2ccc(C(=O)O)cc2[nH]1. The highest BCUT2D eigenvalue weighted by Gasteiger charge is 2.13. The molecule has 96 valence electrons. The monoisotopic (exact) mass is 247 g/mol. The number of aromatic amines is 1. The van der Waals surface area contributed by atoms with Gasteiger partial charge in [0.05, 0.1) is 22.6 Å². The van der Waals surface area contributed by atoms with Gasteiger partial charge in [0, 0.05) is 0 Å². The summed E-state index contributed by atoms with van der Waals surface area (Å²) in [7, 11) is 0. The van der Waals surface area contributed by atoms with Crippen LogP contribution in [-0.4, -0.2) is 21.0 Å². The minimum absolute atomic E-state index is 0.148. The third-order valence-corrected chi connectivity index (χ3v) is 2.82. The van der Waals surface area contributed by atoms with Gasteiger partial charge < -0.3 is 15.8 Å². The Morgan fingerprint density at radius 3 is 2.83 bits per heavy atom. The number of H-pyrrole nitrogens is 1. The fourth-order valence-electron chi connectivity index (χ4n) is 1.96. The molecule has 1 unspecified atom stereocenters. The Hall–Kier alpha value is -1.88. The smallest absolute Gasteiger partial charge is 0.335 e. The van der Waals surface area contributed by atoms with E-state index < -0.39 is 5.97 Å². The molecular weight excluding hydrogens is 230 g/mol. The molecule has 0 fully saturated rings. The molecule has 5 nitrogen and oxygen atoms in total. The maximum absolute atomic E-state index is 10.9. The van der Waals surface area contributed by atoms with E-state index in [4.69, 9.17) is 10.8 Å². The number of imidazole rings is 1. The molecule has 5 heteroatoms. The third-order valence-electron chi connectivity index (χ3n) is 2.82. The first-order valence-corrected chi connectivity index (χ1v) is 5.96. The number of nitrogens with zero attached hydrogens (tertiary/aromatic N) is 1. The molecule has 18 heavy (non-hydrogen) atoms. The Morgan fingerprint density at radius 2 is 2.22 bits per heavy atom. The lowest BCUT2D eigenvalue weighted by Gasteiger charge is -2.10. The van der Waals surface area contributed by atoms with Gasteiger partial charge in [-0.05, 0) is 30.5 Å². The van der Waals surface area contributed by atoms with E-state index in [0.717, 1.165) is 11.9 Å². The highest BCUT2D eigenvalue weighted by Crippen LogP contribution is 2.20. The minimum Gasteiger partial charge on any atom is -0.478 e. The summed E-state index contributed by atoms with van der Waals surface area (Å²) in [6.45, 7) is 4.20. The number of carboxylic acid groups (broad SMARTS) is 1. The highest BCUT2D eigenvalue weighted by molar-refractivity contribution is 5.92. The average molecular weight is 247 g/mol. The van der Waals surface area contributed by atoms with Gasteiger partial charge in [-0.2, -0.15) is 0 Å². The second-order valence-corrected chi connectivity index (χ2v) is 4.90. The minimum atomic E-state index is -0.945. The summed E-state index contributed by atoms with van der Waals surface area (Å²) in [5.74, 6) is 0.253. The summed E-state index contributed by atoms with van der Waals surface area (Å²) in [5.41, 5.74) is 7.75. The first-order valence-electron chi connectivity index (χ1n) is 5.96. The first kappa shape index (κ1) is 12.6. The lowest BCUT2D eigenvalue weighted by Crippen LogP contribution is -2.14. The number of aromatic nitrogens is 2. The van der Waals surface area contributed by atoms with Crippen molar-refractivity contribution in [2.24, 2.45) is 11.7 Å². The van der Waals surface area contributed by atoms with Crippen molar-refractivity contribution in [3.8, 4) is 0 Å². The van der Waals surface area contributed by atoms with Crippen molar-refractivity contribution in [1.29, 1.82) is 0 Å². The quantitative estimate of drug-likeness (QED) is 0.773. The molecule has 1 heterocycles. The summed E-state index contributed by atoms with van der Waals surface area (Å²) >= 11 is 0. The fourth-order valence-corrected chi connectivity index (χ4v) is 1.96. The first-order chi connectivity index (χ1) is 8.47. The molecule has 1 atom stereocenters. The summed E-state index contributed by atoms with van der Waals surface area (Å²) in [6.07, 6.45) is 0.839. The van der Waals surface area contributed by atoms with E-state index in [0.29, 0.717) is 17.3 Å². The zero-order valence-corrected chi connectivity index (χ0v) is 10.5. The number of hydrogen-bond acceptors (Lipinski definition) is 3. The summed E-state index contributed by atoms with van der Waals surface area (Å²) < 4.78 is 0. The molecule has 0 radical (unpaired) electrons. The van der Waals surface area contributed by atoms with Crippen LogP contribution in [-0.2, 0) is 0 Å². The van der Waals surface area contributed by atoms with Crippen molar-refractivity contribution in [2.75, 3.05) is 0 Å². The fraction of sp³-hybridized carbons (Fsp3) is 0.385. The molecule has 1 aromatic carbocycles. The second-order valence-electron chi connectivity index (χ2n) is 4.90. The Morgan fingerprint density at radius 1 is 1.50 bits per heavy atom. The van der Waals surface area contributed by atoms with Crippen LogP contribution in [0.15, 0.2) is 18.2 Å². The summed E-state index contributed by atoms with van der Waals surface area (Å²) in [6, 6.07) is 4.67. The van der Waals surface area contributed by atoms with E-state index in [9.17, 15) is 4.79 Å². The van der Waals surface area contributed by atoms with Crippen LogP contribution in [0.3, 0.4) is 0 Å². The maximum Gasteiger partial charge on any atom is 0.335 e. The van der Waals surface area contributed by atoms with E-state index in [2.05, 4.69) is 23.8 Å². The van der Waals surface area contributed by atoms with Crippen molar-refractivity contribution in [3.63, 3.8) is 0 Å². The Bertz CT molecular complexity index is 575. The van der Waals surface area contributed by atoms with Crippen LogP contribution in [0.4, 0.5) is 0 Å². The lowest BCUT2D eigenvalue weighted by atomic mass is 10.0. The molecule has 0 aliphatic carbocycles. The molecule has 0 aliphatic heterocycles. The molecule has 2 aromatic rings. The number of carbonyl (C=O) groups is 1. The molecule has 0 aliphatic rings. The molecule has 2 rings (SSSR count). The van der Waals surface area contributed by atoms with Crippen molar-refractivity contribution in [2.45, 2.75) is 26.3 Å². The number of nitrogens with one attached hydrogen (secondary N) is 1. The van der Waals surface area contributed by atoms with E-state index in [1.54, 1.807) is 18.2 Å². The maximum atomic E-state index is 10.9. The van der Waals surface area contributed by atoms with Crippen LogP contribution < -0.4 is 5.73 Å². The van der Waals surface area contributed by atoms with Gasteiger partial charge in [0.15, 0.2) is 0 Å². The number of carboxylic acids is 1. The van der Waals surface area contributed by atoms with Gasteiger partial charge >= 0.3 is 5.97 Å². The number of hydrogen-bond donors (Lipinski definition) is 3. The van der Waals surface area contributed by atoms with Crippen molar-refractivity contribution < 1.29 is 9.90 Å². The number of fused-ring (bicyclic) bond motifs is 1.